The van der Waals surface area contributed by atoms with Crippen LogP contribution in [-0.4, -0.2) is 42.9 Å². The summed E-state index contributed by atoms with van der Waals surface area (Å²) in [5.41, 5.74) is 5.48. The second-order valence-corrected chi connectivity index (χ2v) is 10.9. The maximum atomic E-state index is 13.5. The molecule has 0 saturated carbocycles. The Labute approximate surface area is 220 Å². The number of rotatable bonds is 5. The van der Waals surface area contributed by atoms with Gasteiger partial charge in [0.25, 0.3) is 5.56 Å². The van der Waals surface area contributed by atoms with Crippen molar-refractivity contribution in [1.82, 2.24) is 24.5 Å². The van der Waals surface area contributed by atoms with Crippen molar-refractivity contribution in [3.63, 3.8) is 0 Å². The summed E-state index contributed by atoms with van der Waals surface area (Å²) < 4.78 is 9.76. The molecule has 0 bridgehead atoms. The molecule has 1 unspecified atom stereocenters. The van der Waals surface area contributed by atoms with Crippen molar-refractivity contribution in [2.75, 3.05) is 13.2 Å². The smallest absolute Gasteiger partial charge is 0.258 e. The summed E-state index contributed by atoms with van der Waals surface area (Å²) in [4.78, 5) is 16.7. The number of pyridine rings is 1. The predicted molar refractivity (Wildman–Crippen MR) is 148 cm³/mol. The Hall–Kier alpha value is -3.75. The fourth-order valence-corrected chi connectivity index (χ4v) is 5.99. The third-order valence-corrected chi connectivity index (χ3v) is 7.90. The lowest BCUT2D eigenvalue weighted by molar-refractivity contribution is 0.0552. The molecule has 3 aromatic heterocycles. The van der Waals surface area contributed by atoms with Crippen LogP contribution in [0.1, 0.15) is 49.6 Å². The number of ether oxygens (including phenoxy) is 1. The fourth-order valence-electron chi connectivity index (χ4n) is 5.99. The first-order chi connectivity index (χ1) is 18.2. The lowest BCUT2D eigenvalue weighted by Gasteiger charge is -2.33. The fraction of sp³-hybridized carbons (Fsp3) is 0.367. The minimum Gasteiger partial charge on any atom is -0.386 e. The molecule has 4 heterocycles. The van der Waals surface area contributed by atoms with Crippen molar-refractivity contribution >= 4 is 21.9 Å². The summed E-state index contributed by atoms with van der Waals surface area (Å²) in [5.74, 6) is 0.339. The maximum absolute atomic E-state index is 13.5. The summed E-state index contributed by atoms with van der Waals surface area (Å²) in [7, 11) is 1.80. The first-order valence-electron chi connectivity index (χ1n) is 13.2. The molecule has 1 fully saturated rings. The van der Waals surface area contributed by atoms with Crippen molar-refractivity contribution in [2.45, 2.75) is 45.3 Å². The van der Waals surface area contributed by atoms with Crippen molar-refractivity contribution in [1.29, 1.82) is 0 Å². The minimum atomic E-state index is -1.01. The summed E-state index contributed by atoms with van der Waals surface area (Å²) in [6.45, 7) is 6.91. The summed E-state index contributed by atoms with van der Waals surface area (Å²) in [6, 6.07) is 18.6. The van der Waals surface area contributed by atoms with Gasteiger partial charge in [-0.25, -0.2) is 4.68 Å². The average molecular weight is 512 g/mol. The molecule has 1 aliphatic rings. The zero-order valence-corrected chi connectivity index (χ0v) is 22.2. The van der Waals surface area contributed by atoms with Gasteiger partial charge in [-0.3, -0.25) is 4.79 Å². The summed E-state index contributed by atoms with van der Waals surface area (Å²) >= 11 is 0. The van der Waals surface area contributed by atoms with Gasteiger partial charge in [0.15, 0.2) is 0 Å². The van der Waals surface area contributed by atoms with Crippen LogP contribution in [0.2, 0.25) is 0 Å². The van der Waals surface area contributed by atoms with Gasteiger partial charge in [0.2, 0.25) is 0 Å². The Morgan fingerprint density at radius 3 is 2.47 bits per heavy atom. The van der Waals surface area contributed by atoms with E-state index in [0.717, 1.165) is 53.6 Å². The summed E-state index contributed by atoms with van der Waals surface area (Å²) in [5, 5.41) is 20.2. The number of aryl methyl sites for hydroxylation is 2. The number of aromatic amines is 1. The van der Waals surface area contributed by atoms with E-state index >= 15 is 0 Å². The molecule has 6 rings (SSSR count). The third-order valence-electron chi connectivity index (χ3n) is 7.90. The van der Waals surface area contributed by atoms with Gasteiger partial charge >= 0.3 is 0 Å². The highest BCUT2D eigenvalue weighted by atomic mass is 16.5. The molecule has 0 spiro atoms. The number of nitrogens with one attached hydrogen (secondary N) is 1. The molecule has 5 aromatic rings. The van der Waals surface area contributed by atoms with Gasteiger partial charge in [-0.15, -0.1) is 5.10 Å². The Bertz CT molecular complexity index is 1670. The second-order valence-electron chi connectivity index (χ2n) is 10.9. The zero-order chi connectivity index (χ0) is 26.6. The first kappa shape index (κ1) is 24.6. The quantitative estimate of drug-likeness (QED) is 0.352. The van der Waals surface area contributed by atoms with Crippen LogP contribution in [0.4, 0.5) is 0 Å². The Kier molecular flexibility index (Phi) is 5.96. The van der Waals surface area contributed by atoms with Gasteiger partial charge in [0.1, 0.15) is 0 Å². The molecule has 1 saturated heterocycles. The number of hydrogen-bond donors (Lipinski definition) is 2. The van der Waals surface area contributed by atoms with Crippen molar-refractivity contribution in [3.05, 3.63) is 81.8 Å². The standard InChI is InChI=1S/C30H33N5O3/c1-18-27(34(4)33-32-18)23-17-25-26(31-29(23)36)22-11-10-21(30(2,3)37)16-24(22)35(25)28(19-8-6-5-7-9-19)20-12-14-38-15-13-20/h5-11,16-17,20,28,37H,12-15H2,1-4H3,(H,31,36). The van der Waals surface area contributed by atoms with E-state index in [1.165, 1.54) is 5.56 Å². The molecule has 196 valence electrons. The van der Waals surface area contributed by atoms with Crippen LogP contribution >= 0.6 is 0 Å². The van der Waals surface area contributed by atoms with E-state index in [0.29, 0.717) is 22.9 Å². The molecule has 8 heteroatoms. The molecular formula is C30H33N5O3. The molecule has 0 aliphatic carbocycles. The zero-order valence-electron chi connectivity index (χ0n) is 22.2. The minimum absolute atomic E-state index is 0.0154. The van der Waals surface area contributed by atoms with E-state index in [1.807, 2.05) is 31.2 Å². The lowest BCUT2D eigenvalue weighted by atomic mass is 9.86. The van der Waals surface area contributed by atoms with Crippen LogP contribution in [-0.2, 0) is 17.4 Å². The molecule has 2 N–H and O–H groups in total. The maximum Gasteiger partial charge on any atom is 0.258 e. The van der Waals surface area contributed by atoms with Crippen molar-refractivity contribution in [2.24, 2.45) is 13.0 Å². The number of nitrogens with zero attached hydrogens (tertiary/aromatic N) is 4. The van der Waals surface area contributed by atoms with Gasteiger partial charge in [-0.2, -0.15) is 0 Å². The SMILES string of the molecule is Cc1nnn(C)c1-c1cc2c([nH]c1=O)c1ccc(C(C)(C)O)cc1n2C(c1ccccc1)C1CCOCC1. The second kappa shape index (κ2) is 9.22. The van der Waals surface area contributed by atoms with Crippen molar-refractivity contribution in [3.8, 4) is 11.3 Å². The topological polar surface area (TPSA) is 98.0 Å². The van der Waals surface area contributed by atoms with Gasteiger partial charge in [-0.1, -0.05) is 47.7 Å². The van der Waals surface area contributed by atoms with E-state index < -0.39 is 5.60 Å². The van der Waals surface area contributed by atoms with E-state index in [-0.39, 0.29) is 11.6 Å². The van der Waals surface area contributed by atoms with Crippen LogP contribution in [0.25, 0.3) is 33.2 Å². The van der Waals surface area contributed by atoms with Gasteiger partial charge in [0, 0.05) is 25.6 Å². The van der Waals surface area contributed by atoms with Crippen LogP contribution in [0.15, 0.2) is 59.4 Å². The highest BCUT2D eigenvalue weighted by molar-refractivity contribution is 6.07. The Balaban J connectivity index is 1.73. The van der Waals surface area contributed by atoms with Gasteiger partial charge in [-0.05, 0) is 62.8 Å². The molecule has 38 heavy (non-hydrogen) atoms. The van der Waals surface area contributed by atoms with E-state index in [4.69, 9.17) is 4.74 Å². The molecule has 1 atom stereocenters. The molecule has 0 radical (unpaired) electrons. The highest BCUT2D eigenvalue weighted by Gasteiger charge is 2.31. The number of benzene rings is 2. The van der Waals surface area contributed by atoms with E-state index in [9.17, 15) is 9.90 Å². The Morgan fingerprint density at radius 2 is 1.82 bits per heavy atom. The van der Waals surface area contributed by atoms with Gasteiger partial charge < -0.3 is 19.4 Å². The summed E-state index contributed by atoms with van der Waals surface area (Å²) in [6.07, 6.45) is 1.87. The predicted octanol–water partition coefficient (Wildman–Crippen LogP) is 4.83. The molecule has 1 aliphatic heterocycles. The molecule has 8 nitrogen and oxygen atoms in total. The number of aromatic nitrogens is 5. The van der Waals surface area contributed by atoms with Crippen LogP contribution < -0.4 is 5.56 Å². The lowest BCUT2D eigenvalue weighted by Crippen LogP contribution is -2.27. The van der Waals surface area contributed by atoms with Gasteiger partial charge in [0.05, 0.1) is 45.1 Å². The monoisotopic (exact) mass is 511 g/mol. The van der Waals surface area contributed by atoms with Crippen molar-refractivity contribution < 1.29 is 9.84 Å². The average Bonchev–Trinajstić information content (AvgIpc) is 3.40. The van der Waals surface area contributed by atoms with E-state index in [2.05, 4.69) is 50.2 Å². The highest BCUT2D eigenvalue weighted by Crippen LogP contribution is 2.41. The molecular weight excluding hydrogens is 478 g/mol. The molecule has 0 amide bonds. The van der Waals surface area contributed by atoms with Crippen LogP contribution in [0.3, 0.4) is 0 Å². The van der Waals surface area contributed by atoms with E-state index in [1.54, 1.807) is 25.6 Å². The normalized spacial score (nSPS) is 15.9. The number of H-pyrrole nitrogens is 1. The number of hydrogen-bond acceptors (Lipinski definition) is 5. The van der Waals surface area contributed by atoms with Crippen LogP contribution in [0, 0.1) is 12.8 Å². The number of fused-ring (bicyclic) bond motifs is 3. The number of aliphatic hydroxyl groups is 1. The first-order valence-corrected chi connectivity index (χ1v) is 13.2. The third kappa shape index (κ3) is 4.04. The Morgan fingerprint density at radius 1 is 1.08 bits per heavy atom. The van der Waals surface area contributed by atoms with Crippen LogP contribution in [0.5, 0.6) is 0 Å². The molecule has 2 aromatic carbocycles. The largest absolute Gasteiger partial charge is 0.386 e.